The molecule has 26 heavy (non-hydrogen) atoms. The van der Waals surface area contributed by atoms with Crippen LogP contribution < -0.4 is 9.03 Å². The smallest absolute Gasteiger partial charge is 0.330 e. The monoisotopic (exact) mass is 372 g/mol. The average molecular weight is 372 g/mol. The van der Waals surface area contributed by atoms with Crippen molar-refractivity contribution in [1.29, 1.82) is 0 Å². The fourth-order valence-electron chi connectivity index (χ4n) is 2.88. The first-order chi connectivity index (χ1) is 12.4. The SMILES string of the molecule is O=S1(=O)NC(O)=CN1c1ccc(CCc2nc3ccccc3[nH]2)cc1O. The molecule has 2 heterocycles. The summed E-state index contributed by atoms with van der Waals surface area (Å²) in [5.41, 5.74) is 2.77. The highest BCUT2D eigenvalue weighted by Crippen LogP contribution is 2.32. The van der Waals surface area contributed by atoms with Crippen LogP contribution in [-0.2, 0) is 23.1 Å². The van der Waals surface area contributed by atoms with E-state index >= 15 is 0 Å². The van der Waals surface area contributed by atoms with Crippen molar-refractivity contribution in [2.45, 2.75) is 12.8 Å². The molecule has 0 bridgehead atoms. The first kappa shape index (κ1) is 16.3. The zero-order chi connectivity index (χ0) is 18.3. The summed E-state index contributed by atoms with van der Waals surface area (Å²) in [5.74, 6) is 0.149. The number of imidazole rings is 1. The maximum Gasteiger partial charge on any atom is 0.330 e. The van der Waals surface area contributed by atoms with E-state index in [9.17, 15) is 18.6 Å². The topological polar surface area (TPSA) is 119 Å². The Labute approximate surface area is 149 Å². The second-order valence-electron chi connectivity index (χ2n) is 5.94. The van der Waals surface area contributed by atoms with Crippen molar-refractivity contribution in [1.82, 2.24) is 14.7 Å². The third-order valence-electron chi connectivity index (χ3n) is 4.10. The lowest BCUT2D eigenvalue weighted by Gasteiger charge is -2.16. The van der Waals surface area contributed by atoms with Gasteiger partial charge in [-0.15, -0.1) is 0 Å². The van der Waals surface area contributed by atoms with E-state index in [4.69, 9.17) is 0 Å². The average Bonchev–Trinajstić information content (AvgIpc) is 3.12. The third-order valence-corrected chi connectivity index (χ3v) is 5.39. The van der Waals surface area contributed by atoms with Gasteiger partial charge in [0.2, 0.25) is 5.88 Å². The van der Waals surface area contributed by atoms with Crippen LogP contribution in [0.15, 0.2) is 54.5 Å². The number of hydrogen-bond acceptors (Lipinski definition) is 5. The van der Waals surface area contributed by atoms with Gasteiger partial charge < -0.3 is 15.2 Å². The fourth-order valence-corrected chi connectivity index (χ4v) is 3.95. The number of para-hydroxylation sites is 2. The van der Waals surface area contributed by atoms with Gasteiger partial charge in [0, 0.05) is 6.42 Å². The van der Waals surface area contributed by atoms with Gasteiger partial charge in [-0.1, -0.05) is 18.2 Å². The summed E-state index contributed by atoms with van der Waals surface area (Å²) in [6.07, 6.45) is 2.27. The van der Waals surface area contributed by atoms with Crippen molar-refractivity contribution in [3.63, 3.8) is 0 Å². The molecule has 2 aromatic carbocycles. The van der Waals surface area contributed by atoms with Crippen molar-refractivity contribution in [2.75, 3.05) is 4.31 Å². The molecule has 0 fully saturated rings. The summed E-state index contributed by atoms with van der Waals surface area (Å²) in [5, 5.41) is 19.6. The number of aromatic nitrogens is 2. The maximum atomic E-state index is 11.9. The lowest BCUT2D eigenvalue weighted by atomic mass is 10.1. The largest absolute Gasteiger partial charge is 0.506 e. The van der Waals surface area contributed by atoms with Crippen molar-refractivity contribution in [3.8, 4) is 5.75 Å². The number of rotatable bonds is 4. The number of fused-ring (bicyclic) bond motifs is 1. The number of phenols is 1. The summed E-state index contributed by atoms with van der Waals surface area (Å²) >= 11 is 0. The van der Waals surface area contributed by atoms with Crippen LogP contribution in [0.3, 0.4) is 0 Å². The van der Waals surface area contributed by atoms with Crippen molar-refractivity contribution >= 4 is 26.9 Å². The van der Waals surface area contributed by atoms with Gasteiger partial charge in [0.15, 0.2) is 0 Å². The van der Waals surface area contributed by atoms with Gasteiger partial charge in [0.25, 0.3) is 0 Å². The van der Waals surface area contributed by atoms with Gasteiger partial charge >= 0.3 is 10.2 Å². The van der Waals surface area contributed by atoms with Crippen LogP contribution in [0.1, 0.15) is 11.4 Å². The third kappa shape index (κ3) is 2.93. The Morgan fingerprint density at radius 2 is 1.88 bits per heavy atom. The number of aliphatic hydroxyl groups excluding tert-OH is 1. The molecule has 134 valence electrons. The first-order valence-corrected chi connectivity index (χ1v) is 9.35. The standard InChI is InChI=1S/C17H16N4O4S/c22-15-9-11(5-7-14(15)21-10-17(23)20-26(21,24)25)6-8-16-18-12-3-1-2-4-13(12)19-16/h1-5,7,9-10,20,22-23H,6,8H2,(H,18,19). The minimum Gasteiger partial charge on any atom is -0.506 e. The second-order valence-corrected chi connectivity index (χ2v) is 7.49. The van der Waals surface area contributed by atoms with E-state index in [-0.39, 0.29) is 11.4 Å². The molecule has 0 amide bonds. The Bertz CT molecular complexity index is 1090. The number of phenolic OH excluding ortho intramolecular Hbond substituents is 1. The highest BCUT2D eigenvalue weighted by atomic mass is 32.2. The molecule has 0 saturated carbocycles. The first-order valence-electron chi connectivity index (χ1n) is 7.91. The number of aryl methyl sites for hydroxylation is 2. The lowest BCUT2D eigenvalue weighted by molar-refractivity contribution is 0.392. The highest BCUT2D eigenvalue weighted by molar-refractivity contribution is 7.91. The summed E-state index contributed by atoms with van der Waals surface area (Å²) in [4.78, 5) is 7.76. The van der Waals surface area contributed by atoms with Gasteiger partial charge in [-0.05, 0) is 36.2 Å². The number of aliphatic hydroxyl groups is 1. The van der Waals surface area contributed by atoms with Gasteiger partial charge in [-0.25, -0.2) is 14.0 Å². The van der Waals surface area contributed by atoms with E-state index in [0.717, 1.165) is 32.9 Å². The number of aromatic hydroxyl groups is 1. The molecule has 3 aromatic rings. The number of nitrogens with one attached hydrogen (secondary N) is 2. The Morgan fingerprint density at radius 3 is 2.58 bits per heavy atom. The van der Waals surface area contributed by atoms with Gasteiger partial charge in [0.05, 0.1) is 17.2 Å². The molecule has 0 saturated heterocycles. The summed E-state index contributed by atoms with van der Waals surface area (Å²) < 4.78 is 26.5. The van der Waals surface area contributed by atoms with Crippen LogP contribution in [0, 0.1) is 0 Å². The van der Waals surface area contributed by atoms with Crippen molar-refractivity contribution in [2.24, 2.45) is 0 Å². The molecule has 1 aliphatic rings. The Kier molecular flexibility index (Phi) is 3.73. The molecule has 8 nitrogen and oxygen atoms in total. The van der Waals surface area contributed by atoms with Gasteiger partial charge in [0.1, 0.15) is 17.3 Å². The predicted octanol–water partition coefficient (Wildman–Crippen LogP) is 2.06. The summed E-state index contributed by atoms with van der Waals surface area (Å²) in [6, 6.07) is 12.5. The van der Waals surface area contributed by atoms with E-state index < -0.39 is 16.1 Å². The number of nitrogens with zero attached hydrogens (tertiary/aromatic N) is 2. The van der Waals surface area contributed by atoms with Crippen LogP contribution in [0.25, 0.3) is 11.0 Å². The highest BCUT2D eigenvalue weighted by Gasteiger charge is 2.30. The molecule has 0 aliphatic carbocycles. The minimum atomic E-state index is -3.93. The molecule has 0 radical (unpaired) electrons. The van der Waals surface area contributed by atoms with Crippen molar-refractivity contribution < 1.29 is 18.6 Å². The van der Waals surface area contributed by atoms with Crippen LogP contribution >= 0.6 is 0 Å². The molecule has 0 spiro atoms. The molecule has 0 atom stereocenters. The van der Waals surface area contributed by atoms with Gasteiger partial charge in [-0.2, -0.15) is 8.42 Å². The van der Waals surface area contributed by atoms with Gasteiger partial charge in [-0.3, -0.25) is 0 Å². The van der Waals surface area contributed by atoms with E-state index in [0.29, 0.717) is 12.8 Å². The number of benzene rings is 2. The molecule has 9 heteroatoms. The van der Waals surface area contributed by atoms with Crippen LogP contribution in [0.5, 0.6) is 5.75 Å². The molecule has 4 N–H and O–H groups in total. The zero-order valence-corrected chi connectivity index (χ0v) is 14.4. The maximum absolute atomic E-state index is 11.9. The lowest BCUT2D eigenvalue weighted by Crippen LogP contribution is -2.29. The summed E-state index contributed by atoms with van der Waals surface area (Å²) in [7, 11) is -3.93. The predicted molar refractivity (Wildman–Crippen MR) is 96.9 cm³/mol. The van der Waals surface area contributed by atoms with E-state index in [1.165, 1.54) is 12.1 Å². The molecule has 1 aliphatic heterocycles. The Morgan fingerprint density at radius 1 is 1.08 bits per heavy atom. The molecular weight excluding hydrogens is 356 g/mol. The molecular formula is C17H16N4O4S. The summed E-state index contributed by atoms with van der Waals surface area (Å²) in [6.45, 7) is 0. The molecule has 4 rings (SSSR count). The fraction of sp³-hybridized carbons (Fsp3) is 0.118. The number of anilines is 1. The minimum absolute atomic E-state index is 0.0639. The quantitative estimate of drug-likeness (QED) is 0.559. The van der Waals surface area contributed by atoms with Crippen LogP contribution in [0.2, 0.25) is 0 Å². The number of H-pyrrole nitrogens is 1. The van der Waals surface area contributed by atoms with E-state index in [2.05, 4.69) is 9.97 Å². The Balaban J connectivity index is 1.53. The van der Waals surface area contributed by atoms with Crippen LogP contribution in [0.4, 0.5) is 5.69 Å². The van der Waals surface area contributed by atoms with Crippen molar-refractivity contribution in [3.05, 3.63) is 65.9 Å². The van der Waals surface area contributed by atoms with E-state index in [1.54, 1.807) is 6.07 Å². The second kappa shape index (κ2) is 5.95. The zero-order valence-electron chi connectivity index (χ0n) is 13.5. The van der Waals surface area contributed by atoms with Crippen LogP contribution in [-0.4, -0.2) is 28.6 Å². The Hall–Kier alpha value is -3.20. The molecule has 1 aromatic heterocycles. The normalized spacial score (nSPS) is 15.8. The van der Waals surface area contributed by atoms with E-state index in [1.807, 2.05) is 29.0 Å². The number of aromatic amines is 1. The number of hydrogen-bond donors (Lipinski definition) is 4. The molecule has 0 unspecified atom stereocenters.